The van der Waals surface area contributed by atoms with Gasteiger partial charge in [0.2, 0.25) is 0 Å². The van der Waals surface area contributed by atoms with Gasteiger partial charge in [-0.1, -0.05) is 0 Å². The van der Waals surface area contributed by atoms with Gasteiger partial charge in [-0.15, -0.1) is 11.8 Å². The van der Waals surface area contributed by atoms with E-state index >= 15 is 0 Å². The van der Waals surface area contributed by atoms with E-state index in [2.05, 4.69) is 4.99 Å². The standard InChI is InChI=1S/C18H17N3O8S/c1-10(22)29-8-12-9-30-17-18(28-2,16(25)20(17)14(12)15(23)24)19-7-11-3-5-13(6-4-11)21(26)27/h3-7,17H,8-9H2,1-2H3,(H,23,24)/t17-,18?/m1/s1. The second-order valence-electron chi connectivity index (χ2n) is 6.38. The zero-order chi connectivity index (χ0) is 22.1. The summed E-state index contributed by atoms with van der Waals surface area (Å²) < 4.78 is 10.3. The van der Waals surface area contributed by atoms with Crippen molar-refractivity contribution in [2.45, 2.75) is 18.0 Å². The summed E-state index contributed by atoms with van der Waals surface area (Å²) >= 11 is 1.24. The maximum absolute atomic E-state index is 12.9. The minimum Gasteiger partial charge on any atom is -0.477 e. The minimum atomic E-state index is -1.62. The Balaban J connectivity index is 1.87. The lowest BCUT2D eigenvalue weighted by Gasteiger charge is -2.53. The zero-order valence-corrected chi connectivity index (χ0v) is 16.7. The molecule has 0 aliphatic carbocycles. The van der Waals surface area contributed by atoms with E-state index in [1.54, 1.807) is 0 Å². The number of hydrogen-bond donors (Lipinski definition) is 1. The molecule has 11 nitrogen and oxygen atoms in total. The number of amides is 1. The number of nitro groups is 1. The summed E-state index contributed by atoms with van der Waals surface area (Å²) in [5.74, 6) is -2.34. The zero-order valence-electron chi connectivity index (χ0n) is 15.9. The third kappa shape index (κ3) is 3.66. The van der Waals surface area contributed by atoms with Crippen LogP contribution in [-0.2, 0) is 23.9 Å². The van der Waals surface area contributed by atoms with E-state index in [4.69, 9.17) is 9.47 Å². The molecule has 1 aromatic carbocycles. The van der Waals surface area contributed by atoms with Crippen LogP contribution in [0.3, 0.4) is 0 Å². The lowest BCUT2D eigenvalue weighted by atomic mass is 9.99. The van der Waals surface area contributed by atoms with Crippen molar-refractivity contribution in [2.75, 3.05) is 19.5 Å². The van der Waals surface area contributed by atoms with Gasteiger partial charge in [0.15, 0.2) is 0 Å². The van der Waals surface area contributed by atoms with E-state index < -0.39 is 33.9 Å². The predicted molar refractivity (Wildman–Crippen MR) is 105 cm³/mol. The molecule has 3 rings (SSSR count). The molecule has 0 spiro atoms. The molecule has 2 heterocycles. The Labute approximate surface area is 174 Å². The monoisotopic (exact) mass is 435 g/mol. The fraction of sp³-hybridized carbons (Fsp3) is 0.333. The molecule has 1 N–H and O–H groups in total. The van der Waals surface area contributed by atoms with Crippen molar-refractivity contribution in [3.05, 3.63) is 51.2 Å². The van der Waals surface area contributed by atoms with Gasteiger partial charge in [0.25, 0.3) is 17.3 Å². The minimum absolute atomic E-state index is 0.0844. The van der Waals surface area contributed by atoms with E-state index in [9.17, 15) is 29.6 Å². The molecular formula is C18H17N3O8S. The van der Waals surface area contributed by atoms with Crippen LogP contribution in [0.5, 0.6) is 0 Å². The van der Waals surface area contributed by atoms with Crippen LogP contribution in [0.4, 0.5) is 5.69 Å². The number of β-lactam (4-membered cyclic amide) rings is 1. The number of ether oxygens (including phenoxy) is 2. The van der Waals surface area contributed by atoms with E-state index in [1.807, 2.05) is 0 Å². The number of thioether (sulfide) groups is 1. The van der Waals surface area contributed by atoms with E-state index in [1.165, 1.54) is 56.3 Å². The normalized spacial score (nSPS) is 23.2. The highest BCUT2D eigenvalue weighted by atomic mass is 32.2. The molecular weight excluding hydrogens is 418 g/mol. The van der Waals surface area contributed by atoms with Gasteiger partial charge >= 0.3 is 11.9 Å². The summed E-state index contributed by atoms with van der Waals surface area (Å²) in [6.45, 7) is 0.976. The van der Waals surface area contributed by atoms with Crippen molar-refractivity contribution in [1.82, 2.24) is 4.90 Å². The Morgan fingerprint density at radius 1 is 1.43 bits per heavy atom. The number of esters is 1. The first-order chi connectivity index (χ1) is 14.2. The number of non-ortho nitro benzene ring substituents is 1. The number of methoxy groups -OCH3 is 1. The number of nitrogens with zero attached hydrogens (tertiary/aromatic N) is 3. The number of fused-ring (bicyclic) bond motifs is 1. The number of carbonyl (C=O) groups excluding carboxylic acids is 2. The van der Waals surface area contributed by atoms with Crippen LogP contribution >= 0.6 is 11.8 Å². The number of aliphatic carboxylic acids is 1. The molecule has 2 aliphatic rings. The van der Waals surface area contributed by atoms with Gasteiger partial charge in [0.05, 0.1) is 4.92 Å². The average Bonchev–Trinajstić information content (AvgIpc) is 2.72. The lowest BCUT2D eigenvalue weighted by molar-refractivity contribution is -0.384. The molecule has 12 heteroatoms. The molecule has 158 valence electrons. The molecule has 2 atom stereocenters. The molecule has 1 saturated heterocycles. The summed E-state index contributed by atoms with van der Waals surface area (Å²) in [5.41, 5.74) is -1.15. The maximum Gasteiger partial charge on any atom is 0.352 e. The lowest BCUT2D eigenvalue weighted by Crippen LogP contribution is -2.73. The topological polar surface area (TPSA) is 149 Å². The van der Waals surface area contributed by atoms with Crippen LogP contribution < -0.4 is 0 Å². The van der Waals surface area contributed by atoms with Crippen molar-refractivity contribution >= 4 is 41.5 Å². The maximum atomic E-state index is 12.9. The summed E-state index contributed by atoms with van der Waals surface area (Å²) in [4.78, 5) is 51.3. The first-order valence-corrected chi connectivity index (χ1v) is 9.65. The Kier molecular flexibility index (Phi) is 5.89. The second kappa shape index (κ2) is 8.24. The highest BCUT2D eigenvalue weighted by molar-refractivity contribution is 8.00. The molecule has 1 fully saturated rings. The van der Waals surface area contributed by atoms with E-state index in [-0.39, 0.29) is 23.7 Å². The van der Waals surface area contributed by atoms with Crippen LogP contribution in [0.1, 0.15) is 12.5 Å². The smallest absolute Gasteiger partial charge is 0.352 e. The number of carboxylic acids is 1. The number of rotatable bonds is 7. The average molecular weight is 435 g/mol. The second-order valence-corrected chi connectivity index (χ2v) is 7.45. The Bertz CT molecular complexity index is 974. The third-order valence-electron chi connectivity index (χ3n) is 4.56. The van der Waals surface area contributed by atoms with E-state index in [0.29, 0.717) is 11.1 Å². The van der Waals surface area contributed by atoms with Crippen molar-refractivity contribution in [3.63, 3.8) is 0 Å². The number of carboxylic acid groups (broad SMARTS) is 1. The van der Waals surface area contributed by atoms with Crippen LogP contribution in [0, 0.1) is 10.1 Å². The fourth-order valence-electron chi connectivity index (χ4n) is 3.08. The molecule has 1 aromatic rings. The van der Waals surface area contributed by atoms with Gasteiger partial charge in [0, 0.05) is 43.7 Å². The Morgan fingerprint density at radius 2 is 2.10 bits per heavy atom. The largest absolute Gasteiger partial charge is 0.477 e. The highest BCUT2D eigenvalue weighted by Crippen LogP contribution is 2.48. The first kappa shape index (κ1) is 21.5. The molecule has 30 heavy (non-hydrogen) atoms. The van der Waals surface area contributed by atoms with Crippen LogP contribution in [0.2, 0.25) is 0 Å². The molecule has 0 radical (unpaired) electrons. The van der Waals surface area contributed by atoms with E-state index in [0.717, 1.165) is 4.90 Å². The Morgan fingerprint density at radius 3 is 2.63 bits per heavy atom. The van der Waals surface area contributed by atoms with Gasteiger partial charge in [-0.3, -0.25) is 24.6 Å². The molecule has 2 aliphatic heterocycles. The number of benzene rings is 1. The fourth-order valence-corrected chi connectivity index (χ4v) is 4.50. The Hall–Kier alpha value is -3.25. The van der Waals surface area contributed by atoms with Gasteiger partial charge in [-0.25, -0.2) is 9.79 Å². The summed E-state index contributed by atoms with van der Waals surface area (Å²) in [6, 6.07) is 5.55. The number of carbonyl (C=O) groups is 3. The number of nitro benzene ring substituents is 1. The van der Waals surface area contributed by atoms with Gasteiger partial charge in [0.1, 0.15) is 17.7 Å². The summed E-state index contributed by atoms with van der Waals surface area (Å²) in [7, 11) is 1.29. The van der Waals surface area contributed by atoms with Gasteiger partial charge < -0.3 is 14.6 Å². The van der Waals surface area contributed by atoms with Gasteiger partial charge in [-0.05, 0) is 17.7 Å². The van der Waals surface area contributed by atoms with Crippen LogP contribution in [0.15, 0.2) is 40.5 Å². The molecule has 0 saturated carbocycles. The third-order valence-corrected chi connectivity index (χ3v) is 5.92. The molecule has 0 bridgehead atoms. The first-order valence-electron chi connectivity index (χ1n) is 8.60. The van der Waals surface area contributed by atoms with Crippen molar-refractivity contribution in [1.29, 1.82) is 0 Å². The molecule has 0 aromatic heterocycles. The van der Waals surface area contributed by atoms with Crippen LogP contribution in [-0.4, -0.2) is 69.6 Å². The van der Waals surface area contributed by atoms with Crippen molar-refractivity contribution < 1.29 is 33.9 Å². The number of hydrogen-bond acceptors (Lipinski definition) is 9. The molecule has 1 amide bonds. The van der Waals surface area contributed by atoms with Crippen LogP contribution in [0.25, 0.3) is 0 Å². The summed E-state index contributed by atoms with van der Waals surface area (Å²) in [5, 5.41) is 19.6. The number of aliphatic imine (C=N–C) groups is 1. The SMILES string of the molecule is COC1(N=Cc2ccc([N+](=O)[O-])cc2)C(=O)N2C(C(=O)O)=C(COC(C)=O)CS[C@@H]21. The predicted octanol–water partition coefficient (Wildman–Crippen LogP) is 1.17. The highest BCUT2D eigenvalue weighted by Gasteiger charge is 2.66. The van der Waals surface area contributed by atoms with Gasteiger partial charge in [-0.2, -0.15) is 0 Å². The van der Waals surface area contributed by atoms with Crippen molar-refractivity contribution in [2.24, 2.45) is 4.99 Å². The molecule has 1 unspecified atom stereocenters. The summed E-state index contributed by atoms with van der Waals surface area (Å²) in [6.07, 6.45) is 1.35. The van der Waals surface area contributed by atoms with Crippen molar-refractivity contribution in [3.8, 4) is 0 Å². The quantitative estimate of drug-likeness (QED) is 0.219.